The minimum atomic E-state index is -0.300. The second kappa shape index (κ2) is 8.91. The Hall–Kier alpha value is -0.150. The van der Waals surface area contributed by atoms with E-state index in [-0.39, 0.29) is 6.29 Å². The molecule has 1 rings (SSSR count). The maximum absolute atomic E-state index is 6.08. The lowest BCUT2D eigenvalue weighted by Crippen LogP contribution is -2.21. The van der Waals surface area contributed by atoms with Gasteiger partial charge in [-0.1, -0.05) is 61.5 Å². The number of hydrogen-bond acceptors (Lipinski definition) is 2. The lowest BCUT2D eigenvalue weighted by atomic mass is 10.3. The summed E-state index contributed by atoms with van der Waals surface area (Å²) in [6.45, 7) is 4.88. The standard InChI is InChI=1S/C14H19Cl3O2/c1-3-5-7-18-14(6-4-2)19-13-9-11(16)10(15)8-12(13)17/h8-9,14H,3-7H2,1-2H3. The third-order valence-electron chi connectivity index (χ3n) is 2.56. The highest BCUT2D eigenvalue weighted by molar-refractivity contribution is 6.43. The number of ether oxygens (including phenoxy) is 2. The zero-order valence-electron chi connectivity index (χ0n) is 11.2. The Kier molecular flexibility index (Phi) is 7.93. The Bertz CT molecular complexity index is 397. The van der Waals surface area contributed by atoms with Crippen LogP contribution in [0, 0.1) is 0 Å². The molecule has 108 valence electrons. The molecule has 1 unspecified atom stereocenters. The molecule has 1 aromatic carbocycles. The highest BCUT2D eigenvalue weighted by Crippen LogP contribution is 2.34. The predicted molar refractivity (Wildman–Crippen MR) is 81.7 cm³/mol. The minimum absolute atomic E-state index is 0.300. The average molecular weight is 326 g/mol. The molecule has 0 aliphatic rings. The molecular formula is C14H19Cl3O2. The van der Waals surface area contributed by atoms with Gasteiger partial charge in [-0.15, -0.1) is 0 Å². The van der Waals surface area contributed by atoms with E-state index in [1.165, 1.54) is 0 Å². The van der Waals surface area contributed by atoms with Gasteiger partial charge in [0.15, 0.2) is 6.29 Å². The van der Waals surface area contributed by atoms with Crippen molar-refractivity contribution in [3.63, 3.8) is 0 Å². The second-order valence-electron chi connectivity index (χ2n) is 4.26. The minimum Gasteiger partial charge on any atom is -0.463 e. The average Bonchev–Trinajstić information content (AvgIpc) is 2.36. The topological polar surface area (TPSA) is 18.5 Å². The molecule has 5 heteroatoms. The van der Waals surface area contributed by atoms with Crippen LogP contribution in [0.15, 0.2) is 12.1 Å². The van der Waals surface area contributed by atoms with E-state index in [4.69, 9.17) is 44.3 Å². The smallest absolute Gasteiger partial charge is 0.199 e. The van der Waals surface area contributed by atoms with Gasteiger partial charge in [0.25, 0.3) is 0 Å². The van der Waals surface area contributed by atoms with Crippen molar-refractivity contribution in [2.24, 2.45) is 0 Å². The van der Waals surface area contributed by atoms with Crippen LogP contribution in [0.25, 0.3) is 0 Å². The van der Waals surface area contributed by atoms with E-state index < -0.39 is 0 Å². The molecule has 2 nitrogen and oxygen atoms in total. The fraction of sp³-hybridized carbons (Fsp3) is 0.571. The van der Waals surface area contributed by atoms with Crippen LogP contribution in [0.2, 0.25) is 15.1 Å². The van der Waals surface area contributed by atoms with Gasteiger partial charge in [0, 0.05) is 12.5 Å². The first-order valence-corrected chi connectivity index (χ1v) is 7.64. The van der Waals surface area contributed by atoms with E-state index in [2.05, 4.69) is 13.8 Å². The molecule has 0 N–H and O–H groups in total. The predicted octanol–water partition coefficient (Wildman–Crippen LogP) is 5.97. The molecule has 0 aliphatic heterocycles. The molecule has 0 bridgehead atoms. The molecule has 0 heterocycles. The van der Waals surface area contributed by atoms with Gasteiger partial charge in [-0.2, -0.15) is 0 Å². The van der Waals surface area contributed by atoms with E-state index in [0.717, 1.165) is 25.7 Å². The van der Waals surface area contributed by atoms with Crippen molar-refractivity contribution in [3.8, 4) is 5.75 Å². The van der Waals surface area contributed by atoms with Crippen molar-refractivity contribution in [2.45, 2.75) is 45.8 Å². The van der Waals surface area contributed by atoms with Crippen molar-refractivity contribution < 1.29 is 9.47 Å². The molecule has 1 atom stereocenters. The summed E-state index contributed by atoms with van der Waals surface area (Å²) in [5, 5.41) is 1.28. The molecule has 0 saturated heterocycles. The Morgan fingerprint density at radius 2 is 1.68 bits per heavy atom. The van der Waals surface area contributed by atoms with Crippen LogP contribution >= 0.6 is 34.8 Å². The molecule has 0 spiro atoms. The first kappa shape index (κ1) is 16.9. The van der Waals surface area contributed by atoms with Crippen LogP contribution in [0.5, 0.6) is 5.75 Å². The fourth-order valence-corrected chi connectivity index (χ4v) is 2.09. The summed E-state index contributed by atoms with van der Waals surface area (Å²) in [5.74, 6) is 0.506. The maximum atomic E-state index is 6.08. The Morgan fingerprint density at radius 1 is 1.00 bits per heavy atom. The van der Waals surface area contributed by atoms with E-state index in [0.29, 0.717) is 27.4 Å². The van der Waals surface area contributed by atoms with Gasteiger partial charge >= 0.3 is 0 Å². The van der Waals surface area contributed by atoms with Crippen molar-refractivity contribution in [1.82, 2.24) is 0 Å². The maximum Gasteiger partial charge on any atom is 0.199 e. The van der Waals surface area contributed by atoms with E-state index in [9.17, 15) is 0 Å². The van der Waals surface area contributed by atoms with Gasteiger partial charge in [0.05, 0.1) is 21.7 Å². The lowest BCUT2D eigenvalue weighted by molar-refractivity contribution is -0.0853. The summed E-state index contributed by atoms with van der Waals surface area (Å²) in [7, 11) is 0. The normalized spacial score (nSPS) is 12.5. The van der Waals surface area contributed by atoms with Crippen molar-refractivity contribution in [3.05, 3.63) is 27.2 Å². The summed E-state index contributed by atoms with van der Waals surface area (Å²) in [5.41, 5.74) is 0. The lowest BCUT2D eigenvalue weighted by Gasteiger charge is -2.20. The van der Waals surface area contributed by atoms with Gasteiger partial charge in [0.2, 0.25) is 0 Å². The molecule has 0 aromatic heterocycles. The monoisotopic (exact) mass is 324 g/mol. The SMILES string of the molecule is CCCCOC(CCC)Oc1cc(Cl)c(Cl)cc1Cl. The van der Waals surface area contributed by atoms with Crippen LogP contribution in [-0.4, -0.2) is 12.9 Å². The molecule has 0 radical (unpaired) electrons. The van der Waals surface area contributed by atoms with E-state index in [1.54, 1.807) is 12.1 Å². The van der Waals surface area contributed by atoms with Crippen LogP contribution in [0.1, 0.15) is 39.5 Å². The van der Waals surface area contributed by atoms with Crippen LogP contribution < -0.4 is 4.74 Å². The van der Waals surface area contributed by atoms with Gasteiger partial charge in [0.1, 0.15) is 5.75 Å². The van der Waals surface area contributed by atoms with Gasteiger partial charge in [-0.05, 0) is 12.5 Å². The van der Waals surface area contributed by atoms with Crippen LogP contribution in [0.4, 0.5) is 0 Å². The Balaban J connectivity index is 2.69. The quantitative estimate of drug-likeness (QED) is 0.333. The molecule has 19 heavy (non-hydrogen) atoms. The summed E-state index contributed by atoms with van der Waals surface area (Å²) in [4.78, 5) is 0. The second-order valence-corrected chi connectivity index (χ2v) is 5.48. The summed E-state index contributed by atoms with van der Waals surface area (Å²) < 4.78 is 11.5. The van der Waals surface area contributed by atoms with Crippen molar-refractivity contribution in [2.75, 3.05) is 6.61 Å². The highest BCUT2D eigenvalue weighted by atomic mass is 35.5. The largest absolute Gasteiger partial charge is 0.463 e. The molecule has 0 saturated carbocycles. The zero-order chi connectivity index (χ0) is 14.3. The molecule has 1 aromatic rings. The Labute approximate surface area is 129 Å². The fourth-order valence-electron chi connectivity index (χ4n) is 1.51. The number of unbranched alkanes of at least 4 members (excludes halogenated alkanes) is 1. The molecule has 0 amide bonds. The van der Waals surface area contributed by atoms with Crippen molar-refractivity contribution >= 4 is 34.8 Å². The number of hydrogen-bond donors (Lipinski definition) is 0. The van der Waals surface area contributed by atoms with Crippen LogP contribution in [0.3, 0.4) is 0 Å². The van der Waals surface area contributed by atoms with Gasteiger partial charge in [-0.3, -0.25) is 0 Å². The van der Waals surface area contributed by atoms with Gasteiger partial charge < -0.3 is 9.47 Å². The first-order chi connectivity index (χ1) is 9.08. The summed E-state index contributed by atoms with van der Waals surface area (Å²) >= 11 is 17.9. The van der Waals surface area contributed by atoms with Crippen molar-refractivity contribution in [1.29, 1.82) is 0 Å². The number of benzene rings is 1. The highest BCUT2D eigenvalue weighted by Gasteiger charge is 2.14. The number of rotatable bonds is 8. The van der Waals surface area contributed by atoms with E-state index >= 15 is 0 Å². The van der Waals surface area contributed by atoms with E-state index in [1.807, 2.05) is 0 Å². The molecule has 0 aliphatic carbocycles. The third kappa shape index (κ3) is 5.78. The third-order valence-corrected chi connectivity index (χ3v) is 3.58. The Morgan fingerprint density at radius 3 is 2.32 bits per heavy atom. The molecule has 0 fully saturated rings. The van der Waals surface area contributed by atoms with Crippen LogP contribution in [-0.2, 0) is 4.74 Å². The zero-order valence-corrected chi connectivity index (χ0v) is 13.5. The van der Waals surface area contributed by atoms with Gasteiger partial charge in [-0.25, -0.2) is 0 Å². The number of halogens is 3. The first-order valence-electron chi connectivity index (χ1n) is 6.51. The molecular weight excluding hydrogens is 307 g/mol. The summed E-state index contributed by atoms with van der Waals surface area (Å²) in [6.07, 6.45) is 3.58. The summed E-state index contributed by atoms with van der Waals surface area (Å²) in [6, 6.07) is 3.20.